The average Bonchev–Trinajstić information content (AvgIpc) is 3.22. The lowest BCUT2D eigenvalue weighted by Crippen LogP contribution is -2.26. The molecule has 0 amide bonds. The van der Waals surface area contributed by atoms with E-state index in [2.05, 4.69) is 17.0 Å². The SMILES string of the molecule is Cc1cc(N(CCC#N)C2CC2)ccc1C=CC(=O)O. The van der Waals surface area contributed by atoms with Crippen LogP contribution in [-0.4, -0.2) is 23.7 Å². The third-order valence-corrected chi connectivity index (χ3v) is 3.44. The van der Waals surface area contributed by atoms with Gasteiger partial charge in [-0.05, 0) is 49.1 Å². The lowest BCUT2D eigenvalue weighted by Gasteiger charge is -2.24. The first-order chi connectivity index (χ1) is 9.61. The molecule has 1 fully saturated rings. The highest BCUT2D eigenvalue weighted by atomic mass is 16.4. The van der Waals surface area contributed by atoms with Crippen molar-refractivity contribution in [1.82, 2.24) is 0 Å². The summed E-state index contributed by atoms with van der Waals surface area (Å²) >= 11 is 0. The molecule has 1 saturated carbocycles. The van der Waals surface area contributed by atoms with E-state index in [-0.39, 0.29) is 0 Å². The fourth-order valence-electron chi connectivity index (χ4n) is 2.27. The zero-order valence-electron chi connectivity index (χ0n) is 11.5. The van der Waals surface area contributed by atoms with Crippen LogP contribution in [0.25, 0.3) is 6.08 Å². The summed E-state index contributed by atoms with van der Waals surface area (Å²) < 4.78 is 0. The summed E-state index contributed by atoms with van der Waals surface area (Å²) in [5, 5.41) is 17.4. The summed E-state index contributed by atoms with van der Waals surface area (Å²) in [6.45, 7) is 2.73. The molecule has 20 heavy (non-hydrogen) atoms. The van der Waals surface area contributed by atoms with Gasteiger partial charge in [0, 0.05) is 24.4 Å². The second kappa shape index (κ2) is 6.25. The largest absolute Gasteiger partial charge is 0.478 e. The van der Waals surface area contributed by atoms with Gasteiger partial charge in [-0.2, -0.15) is 5.26 Å². The van der Waals surface area contributed by atoms with Crippen LogP contribution in [0.5, 0.6) is 0 Å². The Kier molecular flexibility index (Phi) is 4.41. The van der Waals surface area contributed by atoms with Gasteiger partial charge in [-0.3, -0.25) is 0 Å². The molecule has 4 nitrogen and oxygen atoms in total. The Labute approximate surface area is 118 Å². The number of carboxylic acids is 1. The van der Waals surface area contributed by atoms with Gasteiger partial charge in [0.1, 0.15) is 0 Å². The molecule has 1 N–H and O–H groups in total. The monoisotopic (exact) mass is 270 g/mol. The van der Waals surface area contributed by atoms with Crippen LogP contribution >= 0.6 is 0 Å². The molecule has 0 bridgehead atoms. The molecule has 0 aliphatic heterocycles. The molecule has 0 saturated heterocycles. The van der Waals surface area contributed by atoms with Crippen molar-refractivity contribution in [1.29, 1.82) is 5.26 Å². The molecule has 0 unspecified atom stereocenters. The smallest absolute Gasteiger partial charge is 0.328 e. The van der Waals surface area contributed by atoms with Crippen LogP contribution in [-0.2, 0) is 4.79 Å². The zero-order chi connectivity index (χ0) is 14.5. The van der Waals surface area contributed by atoms with Crippen LogP contribution in [0.4, 0.5) is 5.69 Å². The number of nitriles is 1. The molecule has 0 spiro atoms. The number of aliphatic carboxylic acids is 1. The number of carbonyl (C=O) groups is 1. The van der Waals surface area contributed by atoms with Gasteiger partial charge >= 0.3 is 5.97 Å². The number of aryl methyl sites for hydroxylation is 1. The van der Waals surface area contributed by atoms with E-state index in [0.717, 1.165) is 29.4 Å². The van der Waals surface area contributed by atoms with Crippen molar-refractivity contribution in [3.05, 3.63) is 35.4 Å². The Bertz CT molecular complexity index is 568. The third-order valence-electron chi connectivity index (χ3n) is 3.44. The third kappa shape index (κ3) is 3.61. The number of carboxylic acid groups (broad SMARTS) is 1. The van der Waals surface area contributed by atoms with Crippen molar-refractivity contribution in [3.63, 3.8) is 0 Å². The van der Waals surface area contributed by atoms with Crippen LogP contribution in [0.2, 0.25) is 0 Å². The summed E-state index contributed by atoms with van der Waals surface area (Å²) in [6, 6.07) is 8.76. The number of rotatable bonds is 6. The number of anilines is 1. The highest BCUT2D eigenvalue weighted by molar-refractivity contribution is 5.85. The molecule has 1 aromatic carbocycles. The minimum absolute atomic E-state index is 0.524. The zero-order valence-corrected chi connectivity index (χ0v) is 11.5. The van der Waals surface area contributed by atoms with Crippen molar-refractivity contribution in [3.8, 4) is 6.07 Å². The van der Waals surface area contributed by atoms with Crippen molar-refractivity contribution in [2.75, 3.05) is 11.4 Å². The predicted molar refractivity (Wildman–Crippen MR) is 78.4 cm³/mol. The molecule has 0 aromatic heterocycles. The van der Waals surface area contributed by atoms with Crippen molar-refractivity contribution >= 4 is 17.7 Å². The standard InChI is InChI=1S/C16H18N2O2/c1-12-11-15(5-3-13(12)4-8-16(19)20)18(10-2-9-17)14-6-7-14/h3-5,8,11,14H,2,6-7,10H2,1H3,(H,19,20). The number of hydrogen-bond donors (Lipinski definition) is 1. The Balaban J connectivity index is 2.18. The molecule has 1 aliphatic carbocycles. The van der Waals surface area contributed by atoms with E-state index >= 15 is 0 Å². The quantitative estimate of drug-likeness (QED) is 0.807. The summed E-state index contributed by atoms with van der Waals surface area (Å²) in [5.74, 6) is -0.942. The molecule has 104 valence electrons. The topological polar surface area (TPSA) is 64.3 Å². The predicted octanol–water partition coefficient (Wildman–Crippen LogP) is 2.98. The summed E-state index contributed by atoms with van der Waals surface area (Å²) in [6.07, 6.45) is 5.65. The van der Waals surface area contributed by atoms with Crippen LogP contribution in [0.3, 0.4) is 0 Å². The summed E-state index contributed by atoms with van der Waals surface area (Å²) in [4.78, 5) is 12.8. The second-order valence-electron chi connectivity index (χ2n) is 5.05. The highest BCUT2D eigenvalue weighted by Crippen LogP contribution is 2.32. The maximum absolute atomic E-state index is 10.5. The van der Waals surface area contributed by atoms with Gasteiger partial charge in [0.25, 0.3) is 0 Å². The van der Waals surface area contributed by atoms with E-state index in [1.54, 1.807) is 6.08 Å². The van der Waals surface area contributed by atoms with Gasteiger partial charge in [0.2, 0.25) is 0 Å². The molecule has 1 aliphatic rings. The molecule has 1 aromatic rings. The maximum atomic E-state index is 10.5. The minimum atomic E-state index is -0.942. The first-order valence-corrected chi connectivity index (χ1v) is 6.77. The van der Waals surface area contributed by atoms with Crippen LogP contribution in [0.15, 0.2) is 24.3 Å². The molecular formula is C16H18N2O2. The number of benzene rings is 1. The van der Waals surface area contributed by atoms with E-state index in [1.165, 1.54) is 12.8 Å². The Hall–Kier alpha value is -2.28. The molecular weight excluding hydrogens is 252 g/mol. The molecule has 2 rings (SSSR count). The average molecular weight is 270 g/mol. The fraction of sp³-hybridized carbons (Fsp3) is 0.375. The van der Waals surface area contributed by atoms with E-state index in [9.17, 15) is 4.79 Å². The lowest BCUT2D eigenvalue weighted by atomic mass is 10.1. The van der Waals surface area contributed by atoms with Gasteiger partial charge in [-0.15, -0.1) is 0 Å². The van der Waals surface area contributed by atoms with Crippen LogP contribution in [0.1, 0.15) is 30.4 Å². The van der Waals surface area contributed by atoms with E-state index < -0.39 is 5.97 Å². The van der Waals surface area contributed by atoms with Gasteiger partial charge in [0.15, 0.2) is 0 Å². The van der Waals surface area contributed by atoms with Crippen LogP contribution in [0, 0.1) is 18.3 Å². The van der Waals surface area contributed by atoms with E-state index in [4.69, 9.17) is 10.4 Å². The van der Waals surface area contributed by atoms with Gasteiger partial charge in [-0.1, -0.05) is 6.07 Å². The van der Waals surface area contributed by atoms with E-state index in [0.29, 0.717) is 12.5 Å². The summed E-state index contributed by atoms with van der Waals surface area (Å²) in [7, 11) is 0. The van der Waals surface area contributed by atoms with Crippen LogP contribution < -0.4 is 4.90 Å². The first-order valence-electron chi connectivity index (χ1n) is 6.77. The molecule has 0 heterocycles. The maximum Gasteiger partial charge on any atom is 0.328 e. The fourth-order valence-corrected chi connectivity index (χ4v) is 2.27. The normalized spacial score (nSPS) is 14.2. The molecule has 0 radical (unpaired) electrons. The van der Waals surface area contributed by atoms with Gasteiger partial charge in [0.05, 0.1) is 12.5 Å². The number of hydrogen-bond acceptors (Lipinski definition) is 3. The molecule has 0 atom stereocenters. The van der Waals surface area contributed by atoms with Gasteiger partial charge < -0.3 is 10.0 Å². The van der Waals surface area contributed by atoms with E-state index in [1.807, 2.05) is 19.1 Å². The Morgan fingerprint density at radius 2 is 2.30 bits per heavy atom. The Morgan fingerprint density at radius 3 is 2.85 bits per heavy atom. The highest BCUT2D eigenvalue weighted by Gasteiger charge is 2.28. The second-order valence-corrected chi connectivity index (χ2v) is 5.05. The van der Waals surface area contributed by atoms with Crippen molar-refractivity contribution in [2.45, 2.75) is 32.2 Å². The molecule has 4 heteroatoms. The number of nitrogens with zero attached hydrogens (tertiary/aromatic N) is 2. The lowest BCUT2D eigenvalue weighted by molar-refractivity contribution is -0.131. The first kappa shape index (κ1) is 14.1. The Morgan fingerprint density at radius 1 is 1.55 bits per heavy atom. The van der Waals surface area contributed by atoms with Crippen molar-refractivity contribution < 1.29 is 9.90 Å². The van der Waals surface area contributed by atoms with Crippen molar-refractivity contribution in [2.24, 2.45) is 0 Å². The summed E-state index contributed by atoms with van der Waals surface area (Å²) in [5.41, 5.74) is 3.07. The van der Waals surface area contributed by atoms with Gasteiger partial charge in [-0.25, -0.2) is 4.79 Å². The minimum Gasteiger partial charge on any atom is -0.478 e.